The summed E-state index contributed by atoms with van der Waals surface area (Å²) in [6.45, 7) is 3.48. The molecule has 5 aromatic rings. The number of hydrogen-bond donors (Lipinski definition) is 12. The summed E-state index contributed by atoms with van der Waals surface area (Å²) in [5.41, 5.74) is 13.8. The normalized spacial score (nSPS) is 15.0. The number of carbonyl (C=O) groups is 9. The van der Waals surface area contributed by atoms with Gasteiger partial charge >= 0.3 is 5.97 Å². The first-order chi connectivity index (χ1) is 39.8. The molecule has 83 heavy (non-hydrogen) atoms. The number of carboxylic acid groups (broad SMARTS) is 1. The van der Waals surface area contributed by atoms with Gasteiger partial charge in [0.05, 0.1) is 12.9 Å². The van der Waals surface area contributed by atoms with Crippen LogP contribution in [0.1, 0.15) is 77.8 Å². The van der Waals surface area contributed by atoms with Gasteiger partial charge in [0, 0.05) is 61.8 Å². The Morgan fingerprint density at radius 3 is 1.80 bits per heavy atom. The number of aromatic hydroxyl groups is 1. The van der Waals surface area contributed by atoms with Crippen LogP contribution in [0.4, 0.5) is 0 Å². The number of amides is 7. The second-order valence-corrected chi connectivity index (χ2v) is 20.5. The number of likely N-dealkylation sites (tertiary alicyclic amines) is 1. The zero-order chi connectivity index (χ0) is 60.0. The first kappa shape index (κ1) is 62.7. The molecule has 7 amide bonds. The van der Waals surface area contributed by atoms with Crippen molar-refractivity contribution in [2.45, 2.75) is 108 Å². The maximum Gasteiger partial charge on any atom is 0.326 e. The zero-order valence-electron chi connectivity index (χ0n) is 46.5. The molecular formula is C59H73N13O11. The number of benzene rings is 4. The van der Waals surface area contributed by atoms with Crippen molar-refractivity contribution < 1.29 is 53.4 Å². The summed E-state index contributed by atoms with van der Waals surface area (Å²) in [5, 5.41) is 39.4. The molecule has 14 N–H and O–H groups in total. The molecule has 1 aliphatic rings. The number of phenols is 1. The third kappa shape index (κ3) is 19.1. The lowest BCUT2D eigenvalue weighted by molar-refractivity contribution is -0.145. The number of aliphatic carboxylic acids is 1. The number of aromatic nitrogens is 2. The molecule has 1 saturated heterocycles. The number of ketones is 1. The Balaban J connectivity index is 1.30. The summed E-state index contributed by atoms with van der Waals surface area (Å²) >= 11 is 0. The standard InChI is InChI=1S/C59H73N13O11/c1-35(2)50(71-52(76)43(66-49(74)33-62-3)16-10-26-64-59(60)61)56(80)68-45(29-38-20-24-42(73)25-21-38)53(77)67-44(28-37-18-22-40(23-19-37)51(75)39-14-8-5-9-15-39)54(78)69-46(31-41-32-63-34-65-41)57(81)72-27-11-17-48(72)55(79)70-47(58(82)83)30-36-12-6-4-7-13-36/h4-9,12-15,18-25,32,34-35,43-48,50,62,73H,10-11,16-17,26-31,33H2,1-3H3,(H,63,65)(H,66,74)(H,67,77)(H,68,80)(H,69,78)(H,70,79)(H,71,76)(H,82,83)(H4,60,61,64)/t43-,44-,45-,46-,47-,48-,50-/m0/s1. The van der Waals surface area contributed by atoms with Crippen molar-refractivity contribution in [3.05, 3.63) is 155 Å². The molecule has 0 bridgehead atoms. The third-order valence-electron chi connectivity index (χ3n) is 13.8. The highest BCUT2D eigenvalue weighted by atomic mass is 16.4. The van der Waals surface area contributed by atoms with Crippen molar-refractivity contribution >= 4 is 59.1 Å². The molecule has 0 spiro atoms. The van der Waals surface area contributed by atoms with Gasteiger partial charge in [0.25, 0.3) is 0 Å². The number of imidazole rings is 1. The number of hydrogen-bond acceptors (Lipinski definition) is 13. The summed E-state index contributed by atoms with van der Waals surface area (Å²) in [4.78, 5) is 138. The van der Waals surface area contributed by atoms with E-state index in [0.29, 0.717) is 39.9 Å². The monoisotopic (exact) mass is 1140 g/mol. The second-order valence-electron chi connectivity index (χ2n) is 20.5. The van der Waals surface area contributed by atoms with Gasteiger partial charge in [0.15, 0.2) is 11.7 Å². The minimum absolute atomic E-state index is 0.0169. The molecule has 7 atom stereocenters. The first-order valence-electron chi connectivity index (χ1n) is 27.3. The van der Waals surface area contributed by atoms with E-state index in [9.17, 15) is 48.6 Å². The fourth-order valence-corrected chi connectivity index (χ4v) is 9.48. The number of nitrogens with one attached hydrogen (secondary N) is 8. The van der Waals surface area contributed by atoms with Crippen LogP contribution in [-0.2, 0) is 64.0 Å². The molecule has 24 nitrogen and oxygen atoms in total. The fraction of sp³-hybridized carbons (Fsp3) is 0.373. The molecule has 1 fully saturated rings. The fourth-order valence-electron chi connectivity index (χ4n) is 9.48. The van der Waals surface area contributed by atoms with Gasteiger partial charge < -0.3 is 68.8 Å². The van der Waals surface area contributed by atoms with Crippen LogP contribution in [0, 0.1) is 5.92 Å². The van der Waals surface area contributed by atoms with Crippen molar-refractivity contribution in [2.24, 2.45) is 22.4 Å². The second kappa shape index (κ2) is 30.9. The molecule has 4 aromatic carbocycles. The Bertz CT molecular complexity index is 3030. The quantitative estimate of drug-likeness (QED) is 0.0129. The van der Waals surface area contributed by atoms with Crippen LogP contribution in [0.15, 0.2) is 127 Å². The van der Waals surface area contributed by atoms with E-state index in [-0.39, 0.29) is 82.1 Å². The van der Waals surface area contributed by atoms with Gasteiger partial charge in [-0.05, 0) is 67.5 Å². The number of aliphatic imine (C=N–C) groups is 1. The van der Waals surface area contributed by atoms with Gasteiger partial charge in [-0.2, -0.15) is 0 Å². The van der Waals surface area contributed by atoms with Crippen LogP contribution < -0.4 is 48.7 Å². The van der Waals surface area contributed by atoms with Gasteiger partial charge in [-0.3, -0.25) is 43.3 Å². The summed E-state index contributed by atoms with van der Waals surface area (Å²) in [6.07, 6.45) is 3.22. The third-order valence-corrected chi connectivity index (χ3v) is 13.8. The van der Waals surface area contributed by atoms with E-state index >= 15 is 4.79 Å². The van der Waals surface area contributed by atoms with E-state index in [4.69, 9.17) is 11.5 Å². The number of nitrogens with two attached hydrogens (primary N) is 2. The Labute approximate surface area is 480 Å². The average Bonchev–Trinajstić information content (AvgIpc) is 4.40. The maximum absolute atomic E-state index is 15.0. The van der Waals surface area contributed by atoms with Crippen LogP contribution in [-0.4, -0.2) is 153 Å². The maximum atomic E-state index is 15.0. The Kier molecular flexibility index (Phi) is 23.4. The van der Waals surface area contributed by atoms with Crippen LogP contribution in [0.3, 0.4) is 0 Å². The van der Waals surface area contributed by atoms with Gasteiger partial charge in [-0.25, -0.2) is 9.78 Å². The molecule has 6 rings (SSSR count). The van der Waals surface area contributed by atoms with Crippen LogP contribution in [0.2, 0.25) is 0 Å². The minimum Gasteiger partial charge on any atom is -0.508 e. The summed E-state index contributed by atoms with van der Waals surface area (Å²) in [7, 11) is 1.56. The van der Waals surface area contributed by atoms with Crippen LogP contribution in [0.25, 0.3) is 0 Å². The number of phenolic OH excluding ortho intramolecular Hbond substituents is 1. The molecule has 440 valence electrons. The lowest BCUT2D eigenvalue weighted by Gasteiger charge is -2.31. The predicted octanol–water partition coefficient (Wildman–Crippen LogP) is 0.530. The van der Waals surface area contributed by atoms with Crippen molar-refractivity contribution in [3.63, 3.8) is 0 Å². The van der Waals surface area contributed by atoms with Crippen LogP contribution in [0.5, 0.6) is 5.75 Å². The molecule has 2 heterocycles. The molecular weight excluding hydrogens is 1070 g/mol. The van der Waals surface area contributed by atoms with E-state index in [2.05, 4.69) is 52.2 Å². The minimum atomic E-state index is -1.50. The summed E-state index contributed by atoms with van der Waals surface area (Å²) < 4.78 is 0. The number of aromatic amines is 1. The lowest BCUT2D eigenvalue weighted by atomic mass is 9.98. The van der Waals surface area contributed by atoms with Crippen LogP contribution >= 0.6 is 0 Å². The number of guanidine groups is 1. The Morgan fingerprint density at radius 1 is 0.663 bits per heavy atom. The van der Waals surface area contributed by atoms with Crippen molar-refractivity contribution in [2.75, 3.05) is 26.7 Å². The average molecular weight is 1140 g/mol. The van der Waals surface area contributed by atoms with Gasteiger partial charge in [-0.15, -0.1) is 0 Å². The topological polar surface area (TPSA) is 375 Å². The molecule has 1 aliphatic heterocycles. The lowest BCUT2D eigenvalue weighted by Crippen LogP contribution is -2.61. The van der Waals surface area contributed by atoms with E-state index in [1.54, 1.807) is 106 Å². The van der Waals surface area contributed by atoms with E-state index < -0.39 is 95.5 Å². The van der Waals surface area contributed by atoms with Crippen molar-refractivity contribution in [3.8, 4) is 5.75 Å². The van der Waals surface area contributed by atoms with E-state index in [0.717, 1.165) is 0 Å². The molecule has 1 aromatic heterocycles. The number of carbonyl (C=O) groups excluding carboxylic acids is 8. The van der Waals surface area contributed by atoms with Gasteiger partial charge in [0.2, 0.25) is 41.4 Å². The summed E-state index contributed by atoms with van der Waals surface area (Å²) in [6, 6.07) is 20.4. The molecule has 0 radical (unpaired) electrons. The smallest absolute Gasteiger partial charge is 0.326 e. The molecule has 24 heteroatoms. The highest BCUT2D eigenvalue weighted by Crippen LogP contribution is 2.22. The molecule has 0 unspecified atom stereocenters. The number of nitrogens with zero attached hydrogens (tertiary/aromatic N) is 3. The highest BCUT2D eigenvalue weighted by Gasteiger charge is 2.40. The zero-order valence-corrected chi connectivity index (χ0v) is 46.5. The number of rotatable bonds is 30. The Morgan fingerprint density at radius 2 is 1.22 bits per heavy atom. The Hall–Kier alpha value is -9.45. The largest absolute Gasteiger partial charge is 0.508 e. The van der Waals surface area contributed by atoms with E-state index in [1.165, 1.54) is 41.7 Å². The number of likely N-dealkylation sites (N-methyl/N-ethyl adjacent to an activating group) is 1. The predicted molar refractivity (Wildman–Crippen MR) is 307 cm³/mol. The van der Waals surface area contributed by atoms with Gasteiger partial charge in [0.1, 0.15) is 48.0 Å². The van der Waals surface area contributed by atoms with Crippen molar-refractivity contribution in [1.29, 1.82) is 0 Å². The number of H-pyrrole nitrogens is 1. The highest BCUT2D eigenvalue weighted by molar-refractivity contribution is 6.09. The van der Waals surface area contributed by atoms with E-state index in [1.807, 2.05) is 0 Å². The SMILES string of the molecule is CNCC(=O)N[C@@H](CCCN=C(N)N)C(=O)N[C@H](C(=O)N[C@@H](Cc1ccc(O)cc1)C(=O)N[C@@H](Cc1ccc(C(=O)c2ccccc2)cc1)C(=O)N[C@@H](Cc1cnc[nH]1)C(=O)N1CCC[C@H]1C(=O)N[C@@H](Cc1ccccc1)C(=O)O)C(C)C. The van der Waals surface area contributed by atoms with Crippen molar-refractivity contribution in [1.82, 2.24) is 52.1 Å². The number of carboxylic acids is 1. The first-order valence-corrected chi connectivity index (χ1v) is 27.3. The molecule has 0 saturated carbocycles. The van der Waals surface area contributed by atoms with Gasteiger partial charge in [-0.1, -0.05) is 111 Å². The molecule has 0 aliphatic carbocycles. The summed E-state index contributed by atoms with van der Waals surface area (Å²) in [5.74, 6) is -7.43.